The summed E-state index contributed by atoms with van der Waals surface area (Å²) in [7, 11) is 0. The van der Waals surface area contributed by atoms with Crippen LogP contribution in [0.25, 0.3) is 0 Å². The van der Waals surface area contributed by atoms with E-state index >= 15 is 0 Å². The summed E-state index contributed by atoms with van der Waals surface area (Å²) in [5, 5.41) is 3.59. The van der Waals surface area contributed by atoms with Gasteiger partial charge in [0.25, 0.3) is 0 Å². The molecular weight excluding hydrogens is 138 g/mol. The zero-order chi connectivity index (χ0) is 6.85. The highest BCUT2D eigenvalue weighted by Crippen LogP contribution is 1.96. The second-order valence-corrected chi connectivity index (χ2v) is 2.34. The molecule has 1 aliphatic rings. The Balaban J connectivity index is 2.83. The monoisotopic (exact) mass is 146 g/mol. The molecule has 0 amide bonds. The Labute approximate surface area is 58.8 Å². The third-order valence-corrected chi connectivity index (χ3v) is 1.46. The number of nitrogens with two attached hydrogens (primary N) is 1. The quantitative estimate of drug-likeness (QED) is 0.373. The first-order valence-electron chi connectivity index (χ1n) is 2.67. The summed E-state index contributed by atoms with van der Waals surface area (Å²) >= 11 is 5.66. The fourth-order valence-corrected chi connectivity index (χ4v) is 0.821. The molecule has 0 fully saturated rings. The van der Waals surface area contributed by atoms with Crippen LogP contribution in [0.5, 0.6) is 0 Å². The summed E-state index contributed by atoms with van der Waals surface area (Å²) in [6.45, 7) is 2.52. The van der Waals surface area contributed by atoms with E-state index in [0.29, 0.717) is 11.8 Å². The summed E-state index contributed by atoms with van der Waals surface area (Å²) < 4.78 is 1.44. The number of allylic oxidation sites excluding steroid dienone is 2. The second kappa shape index (κ2) is 2.27. The van der Waals surface area contributed by atoms with Gasteiger partial charge in [0, 0.05) is 11.8 Å². The average molecular weight is 147 g/mol. The SMILES string of the molecule is CC1=CC(Cl)=[N+](N)CN1. The molecule has 0 aromatic rings. The van der Waals surface area contributed by atoms with Gasteiger partial charge in [0.05, 0.1) is 0 Å². The molecule has 0 aromatic heterocycles. The van der Waals surface area contributed by atoms with Gasteiger partial charge in [-0.2, -0.15) is 0 Å². The van der Waals surface area contributed by atoms with Gasteiger partial charge in [-0.25, -0.2) is 5.84 Å². The minimum absolute atomic E-state index is 0.575. The van der Waals surface area contributed by atoms with Crippen LogP contribution in [-0.2, 0) is 0 Å². The Kier molecular flexibility index (Phi) is 1.62. The highest BCUT2D eigenvalue weighted by atomic mass is 35.5. The molecule has 0 aromatic carbocycles. The molecule has 9 heavy (non-hydrogen) atoms. The smallest absolute Gasteiger partial charge is 0.301 e. The zero-order valence-electron chi connectivity index (χ0n) is 5.19. The molecule has 0 aliphatic carbocycles. The fraction of sp³-hybridized carbons (Fsp3) is 0.400. The van der Waals surface area contributed by atoms with E-state index < -0.39 is 0 Å². The standard InChI is InChI=1S/C5H8ClN3/c1-4-2-5(6)9(7)3-8-4/h2H,3,7H2,1H3/p+1. The van der Waals surface area contributed by atoms with E-state index in [1.165, 1.54) is 4.68 Å². The number of hydrazine groups is 1. The lowest BCUT2D eigenvalue weighted by molar-refractivity contribution is -0.542. The molecule has 0 unspecified atom stereocenters. The Bertz CT molecular complexity index is 183. The topological polar surface area (TPSA) is 41.1 Å². The van der Waals surface area contributed by atoms with Gasteiger partial charge in [-0.3, -0.25) is 0 Å². The van der Waals surface area contributed by atoms with Crippen molar-refractivity contribution >= 4 is 16.8 Å². The molecule has 0 radical (unpaired) electrons. The fourth-order valence-electron chi connectivity index (χ4n) is 0.598. The van der Waals surface area contributed by atoms with Crippen LogP contribution >= 0.6 is 11.6 Å². The van der Waals surface area contributed by atoms with Crippen molar-refractivity contribution in [3.8, 4) is 0 Å². The van der Waals surface area contributed by atoms with Crippen LogP contribution in [0.1, 0.15) is 6.92 Å². The number of nitrogens with zero attached hydrogens (tertiary/aromatic N) is 1. The average Bonchev–Trinajstić information content (AvgIpc) is 1.80. The number of rotatable bonds is 0. The summed E-state index contributed by atoms with van der Waals surface area (Å²) in [5.74, 6) is 5.40. The van der Waals surface area contributed by atoms with Gasteiger partial charge in [-0.15, -0.1) is 0 Å². The number of hydrogen-bond acceptors (Lipinski definition) is 2. The second-order valence-electron chi connectivity index (χ2n) is 1.95. The predicted molar refractivity (Wildman–Crippen MR) is 37.1 cm³/mol. The predicted octanol–water partition coefficient (Wildman–Crippen LogP) is -0.0256. The number of hydrazone groups is 1. The Hall–Kier alpha value is -0.700. The van der Waals surface area contributed by atoms with Gasteiger partial charge in [-0.1, -0.05) is 4.68 Å². The zero-order valence-corrected chi connectivity index (χ0v) is 5.94. The molecule has 3 N–H and O–H groups in total. The van der Waals surface area contributed by atoms with Crippen molar-refractivity contribution in [3.63, 3.8) is 0 Å². The van der Waals surface area contributed by atoms with Gasteiger partial charge < -0.3 is 5.32 Å². The molecular formula is C5H9ClN3+. The minimum atomic E-state index is 0.575. The number of halogens is 1. The Morgan fingerprint density at radius 3 is 3.00 bits per heavy atom. The Morgan fingerprint density at radius 1 is 1.89 bits per heavy atom. The molecule has 4 heteroatoms. The van der Waals surface area contributed by atoms with Gasteiger partial charge in [-0.05, 0) is 18.5 Å². The first-order chi connectivity index (χ1) is 4.20. The van der Waals surface area contributed by atoms with Crippen LogP contribution in [0, 0.1) is 0 Å². The molecule has 0 spiro atoms. The highest BCUT2D eigenvalue weighted by Gasteiger charge is 2.11. The third-order valence-electron chi connectivity index (χ3n) is 1.14. The van der Waals surface area contributed by atoms with Crippen molar-refractivity contribution in [2.45, 2.75) is 6.92 Å². The van der Waals surface area contributed by atoms with Crippen molar-refractivity contribution in [2.24, 2.45) is 5.84 Å². The summed E-state index contributed by atoms with van der Waals surface area (Å²) in [5.41, 5.74) is 1.04. The van der Waals surface area contributed by atoms with E-state index in [1.54, 1.807) is 6.08 Å². The lowest BCUT2D eigenvalue weighted by Gasteiger charge is -2.06. The van der Waals surface area contributed by atoms with E-state index in [4.69, 9.17) is 17.4 Å². The molecule has 1 aliphatic heterocycles. The van der Waals surface area contributed by atoms with E-state index in [9.17, 15) is 0 Å². The van der Waals surface area contributed by atoms with Crippen molar-refractivity contribution in [3.05, 3.63) is 11.8 Å². The van der Waals surface area contributed by atoms with E-state index in [2.05, 4.69) is 5.32 Å². The third kappa shape index (κ3) is 1.36. The van der Waals surface area contributed by atoms with E-state index in [0.717, 1.165) is 5.70 Å². The molecule has 1 rings (SSSR count). The molecule has 50 valence electrons. The number of hydrogen-bond donors (Lipinski definition) is 2. The first kappa shape index (κ1) is 6.42. The van der Waals surface area contributed by atoms with Gasteiger partial charge in [0.1, 0.15) is 0 Å². The maximum Gasteiger partial charge on any atom is 0.301 e. The largest absolute Gasteiger partial charge is 0.332 e. The van der Waals surface area contributed by atoms with Crippen LogP contribution < -0.4 is 11.2 Å². The van der Waals surface area contributed by atoms with E-state index in [1.807, 2.05) is 6.92 Å². The summed E-state index contributed by atoms with van der Waals surface area (Å²) in [6, 6.07) is 0. The van der Waals surface area contributed by atoms with Crippen LogP contribution in [0.15, 0.2) is 11.8 Å². The first-order valence-corrected chi connectivity index (χ1v) is 3.05. The summed E-state index contributed by atoms with van der Waals surface area (Å²) in [6.07, 6.45) is 1.78. The molecule has 0 atom stereocenters. The van der Waals surface area contributed by atoms with Crippen molar-refractivity contribution in [1.29, 1.82) is 0 Å². The molecule has 3 nitrogen and oxygen atoms in total. The Morgan fingerprint density at radius 2 is 2.56 bits per heavy atom. The maximum absolute atomic E-state index is 5.66. The molecule has 1 heterocycles. The van der Waals surface area contributed by atoms with Gasteiger partial charge >= 0.3 is 5.17 Å². The molecule has 0 saturated heterocycles. The van der Waals surface area contributed by atoms with Crippen LogP contribution in [0.3, 0.4) is 0 Å². The highest BCUT2D eigenvalue weighted by molar-refractivity contribution is 6.66. The molecule has 0 bridgehead atoms. The summed E-state index contributed by atoms with van der Waals surface area (Å²) in [4.78, 5) is 0. The normalized spacial score (nSPS) is 19.1. The number of nitrogens with one attached hydrogen (secondary N) is 1. The van der Waals surface area contributed by atoms with Crippen LogP contribution in [-0.4, -0.2) is 16.5 Å². The lowest BCUT2D eigenvalue weighted by atomic mass is 10.4. The van der Waals surface area contributed by atoms with Gasteiger partial charge in [0.2, 0.25) is 6.67 Å². The van der Waals surface area contributed by atoms with Crippen LogP contribution in [0.2, 0.25) is 0 Å². The molecule has 0 saturated carbocycles. The lowest BCUT2D eigenvalue weighted by Crippen LogP contribution is -2.36. The van der Waals surface area contributed by atoms with Gasteiger partial charge in [0.15, 0.2) is 0 Å². The van der Waals surface area contributed by atoms with Crippen molar-refractivity contribution in [1.82, 2.24) is 5.32 Å². The van der Waals surface area contributed by atoms with Crippen LogP contribution in [0.4, 0.5) is 0 Å². The van der Waals surface area contributed by atoms with Crippen molar-refractivity contribution in [2.75, 3.05) is 6.67 Å². The van der Waals surface area contributed by atoms with Crippen molar-refractivity contribution < 1.29 is 4.68 Å². The van der Waals surface area contributed by atoms with E-state index in [-0.39, 0.29) is 0 Å². The maximum atomic E-state index is 5.66. The minimum Gasteiger partial charge on any atom is -0.332 e.